The molecule has 1 heterocycles. The summed E-state index contributed by atoms with van der Waals surface area (Å²) in [7, 11) is 0. The molecule has 1 aromatic heterocycles. The average molecular weight is 301 g/mol. The van der Waals surface area contributed by atoms with Gasteiger partial charge < -0.3 is 10.4 Å². The first-order chi connectivity index (χ1) is 9.99. The average Bonchev–Trinajstić information content (AvgIpc) is 2.72. The summed E-state index contributed by atoms with van der Waals surface area (Å²) in [5, 5.41) is 12.2. The highest BCUT2D eigenvalue weighted by Gasteiger charge is 2.19. The monoisotopic (exact) mass is 301 g/mol. The second kappa shape index (κ2) is 6.37. The van der Waals surface area contributed by atoms with E-state index in [9.17, 15) is 14.7 Å². The number of carboxylic acid groups (broad SMARTS) is 1. The van der Waals surface area contributed by atoms with Crippen LogP contribution in [0, 0.1) is 13.8 Å². The number of nitrogens with one attached hydrogen (secondary N) is 1. The van der Waals surface area contributed by atoms with Crippen LogP contribution in [0.4, 0.5) is 5.00 Å². The lowest BCUT2D eigenvalue weighted by molar-refractivity contribution is -0.111. The van der Waals surface area contributed by atoms with Crippen LogP contribution in [0.5, 0.6) is 0 Å². The van der Waals surface area contributed by atoms with E-state index in [1.165, 1.54) is 17.4 Å². The van der Waals surface area contributed by atoms with Gasteiger partial charge in [0.1, 0.15) is 5.00 Å². The molecule has 108 valence electrons. The summed E-state index contributed by atoms with van der Waals surface area (Å²) in [6.07, 6.45) is 3.08. The minimum atomic E-state index is -1.03. The molecule has 0 aliphatic carbocycles. The number of aromatic carboxylic acids is 1. The number of hydrogen-bond donors (Lipinski definition) is 2. The van der Waals surface area contributed by atoms with Crippen molar-refractivity contribution in [2.45, 2.75) is 13.8 Å². The quantitative estimate of drug-likeness (QED) is 0.846. The molecule has 0 fully saturated rings. The Morgan fingerprint density at radius 1 is 1.19 bits per heavy atom. The van der Waals surface area contributed by atoms with E-state index in [-0.39, 0.29) is 11.5 Å². The molecule has 2 N–H and O–H groups in total. The Kier molecular flexibility index (Phi) is 4.55. The van der Waals surface area contributed by atoms with E-state index in [0.717, 1.165) is 10.4 Å². The fraction of sp³-hybridized carbons (Fsp3) is 0.125. The molecule has 0 saturated carbocycles. The number of hydrogen-bond acceptors (Lipinski definition) is 3. The van der Waals surface area contributed by atoms with Crippen LogP contribution in [0.25, 0.3) is 6.08 Å². The summed E-state index contributed by atoms with van der Waals surface area (Å²) in [6.45, 7) is 3.58. The molecular formula is C16H15NO3S. The third-order valence-electron chi connectivity index (χ3n) is 3.06. The van der Waals surface area contributed by atoms with Gasteiger partial charge in [0.15, 0.2) is 0 Å². The number of carbonyl (C=O) groups is 2. The van der Waals surface area contributed by atoms with Crippen molar-refractivity contribution in [2.24, 2.45) is 0 Å². The van der Waals surface area contributed by atoms with Gasteiger partial charge in [-0.1, -0.05) is 30.3 Å². The molecule has 2 aromatic rings. The maximum Gasteiger partial charge on any atom is 0.338 e. The van der Waals surface area contributed by atoms with Crippen LogP contribution in [0.3, 0.4) is 0 Å². The second-order valence-corrected chi connectivity index (χ2v) is 5.75. The maximum absolute atomic E-state index is 11.9. The van der Waals surface area contributed by atoms with Gasteiger partial charge in [-0.25, -0.2) is 4.79 Å². The molecule has 0 bridgehead atoms. The van der Waals surface area contributed by atoms with E-state index in [1.54, 1.807) is 13.0 Å². The van der Waals surface area contributed by atoms with Gasteiger partial charge in [0, 0.05) is 11.0 Å². The molecule has 0 atom stereocenters. The van der Waals surface area contributed by atoms with Crippen LogP contribution in [0.15, 0.2) is 36.4 Å². The minimum Gasteiger partial charge on any atom is -0.478 e. The number of anilines is 1. The van der Waals surface area contributed by atoms with Gasteiger partial charge in [-0.3, -0.25) is 4.79 Å². The summed E-state index contributed by atoms with van der Waals surface area (Å²) in [6, 6.07) is 9.42. The number of aryl methyl sites for hydroxylation is 1. The van der Waals surface area contributed by atoms with Crippen molar-refractivity contribution in [2.75, 3.05) is 5.32 Å². The fourth-order valence-corrected chi connectivity index (χ4v) is 2.92. The highest BCUT2D eigenvalue weighted by molar-refractivity contribution is 7.16. The van der Waals surface area contributed by atoms with E-state index in [2.05, 4.69) is 5.32 Å². The summed E-state index contributed by atoms with van der Waals surface area (Å²) >= 11 is 1.27. The van der Waals surface area contributed by atoms with Crippen molar-refractivity contribution < 1.29 is 14.7 Å². The number of carboxylic acids is 1. The SMILES string of the molecule is Cc1sc(NC(=O)/C=C/c2ccccc2)c(C(=O)O)c1C. The van der Waals surface area contributed by atoms with Crippen LogP contribution in [-0.2, 0) is 4.79 Å². The molecule has 1 aromatic carbocycles. The molecule has 0 unspecified atom stereocenters. The number of amides is 1. The molecule has 0 saturated heterocycles. The van der Waals surface area contributed by atoms with Gasteiger partial charge in [0.25, 0.3) is 0 Å². The fourth-order valence-electron chi connectivity index (χ4n) is 1.86. The number of rotatable bonds is 4. The Labute approximate surface area is 126 Å². The molecule has 0 spiro atoms. The van der Waals surface area contributed by atoms with Crippen molar-refractivity contribution in [3.05, 3.63) is 58.0 Å². The highest BCUT2D eigenvalue weighted by Crippen LogP contribution is 2.32. The van der Waals surface area contributed by atoms with Crippen molar-refractivity contribution >= 4 is 34.3 Å². The molecule has 0 aliphatic heterocycles. The topological polar surface area (TPSA) is 66.4 Å². The predicted octanol–water partition coefficient (Wildman–Crippen LogP) is 3.72. The normalized spacial score (nSPS) is 10.8. The lowest BCUT2D eigenvalue weighted by atomic mass is 10.1. The van der Waals surface area contributed by atoms with Gasteiger partial charge in [-0.2, -0.15) is 0 Å². The third kappa shape index (κ3) is 3.58. The van der Waals surface area contributed by atoms with Crippen molar-refractivity contribution in [3.63, 3.8) is 0 Å². The van der Waals surface area contributed by atoms with E-state index in [4.69, 9.17) is 0 Å². The zero-order valence-electron chi connectivity index (χ0n) is 11.7. The number of thiophene rings is 1. The first kappa shape index (κ1) is 15.0. The molecule has 21 heavy (non-hydrogen) atoms. The van der Waals surface area contributed by atoms with Gasteiger partial charge in [-0.05, 0) is 31.1 Å². The van der Waals surface area contributed by atoms with Crippen molar-refractivity contribution in [1.82, 2.24) is 0 Å². The van der Waals surface area contributed by atoms with E-state index in [0.29, 0.717) is 10.6 Å². The van der Waals surface area contributed by atoms with Gasteiger partial charge in [0.2, 0.25) is 5.91 Å². The van der Waals surface area contributed by atoms with Crippen molar-refractivity contribution in [3.8, 4) is 0 Å². The molecule has 0 radical (unpaired) electrons. The Morgan fingerprint density at radius 2 is 1.86 bits per heavy atom. The number of benzene rings is 1. The lowest BCUT2D eigenvalue weighted by Gasteiger charge is -2.01. The summed E-state index contributed by atoms with van der Waals surface area (Å²) in [5.41, 5.74) is 1.76. The Balaban J connectivity index is 2.15. The standard InChI is InChI=1S/C16H15NO3S/c1-10-11(2)21-15(14(10)16(19)20)17-13(18)9-8-12-6-4-3-5-7-12/h3-9H,1-2H3,(H,17,18)(H,19,20)/b9-8+. The predicted molar refractivity (Wildman–Crippen MR) is 84.9 cm³/mol. The Bertz CT molecular complexity index is 702. The second-order valence-electron chi connectivity index (χ2n) is 4.53. The van der Waals surface area contributed by atoms with E-state index < -0.39 is 5.97 Å². The first-order valence-electron chi connectivity index (χ1n) is 6.36. The van der Waals surface area contributed by atoms with Crippen LogP contribution < -0.4 is 5.32 Å². The zero-order chi connectivity index (χ0) is 15.4. The number of carbonyl (C=O) groups excluding carboxylic acids is 1. The smallest absolute Gasteiger partial charge is 0.338 e. The molecule has 5 heteroatoms. The molecular weight excluding hydrogens is 286 g/mol. The molecule has 1 amide bonds. The Hall–Kier alpha value is -2.40. The van der Waals surface area contributed by atoms with Crippen LogP contribution in [0.1, 0.15) is 26.4 Å². The maximum atomic E-state index is 11.9. The lowest BCUT2D eigenvalue weighted by Crippen LogP contribution is -2.10. The third-order valence-corrected chi connectivity index (χ3v) is 4.19. The minimum absolute atomic E-state index is 0.166. The summed E-state index contributed by atoms with van der Waals surface area (Å²) < 4.78 is 0. The largest absolute Gasteiger partial charge is 0.478 e. The summed E-state index contributed by atoms with van der Waals surface area (Å²) in [5.74, 6) is -1.37. The highest BCUT2D eigenvalue weighted by atomic mass is 32.1. The van der Waals surface area contributed by atoms with E-state index >= 15 is 0 Å². The van der Waals surface area contributed by atoms with E-state index in [1.807, 2.05) is 37.3 Å². The Morgan fingerprint density at radius 3 is 2.48 bits per heavy atom. The first-order valence-corrected chi connectivity index (χ1v) is 7.18. The molecule has 0 aliphatic rings. The zero-order valence-corrected chi connectivity index (χ0v) is 12.5. The van der Waals surface area contributed by atoms with Crippen LogP contribution in [0.2, 0.25) is 0 Å². The molecule has 4 nitrogen and oxygen atoms in total. The summed E-state index contributed by atoms with van der Waals surface area (Å²) in [4.78, 5) is 24.0. The van der Waals surface area contributed by atoms with Gasteiger partial charge in [-0.15, -0.1) is 11.3 Å². The van der Waals surface area contributed by atoms with Gasteiger partial charge in [0.05, 0.1) is 5.56 Å². The van der Waals surface area contributed by atoms with Crippen LogP contribution in [-0.4, -0.2) is 17.0 Å². The van der Waals surface area contributed by atoms with Crippen LogP contribution >= 0.6 is 11.3 Å². The van der Waals surface area contributed by atoms with Gasteiger partial charge >= 0.3 is 5.97 Å². The molecule has 2 rings (SSSR count). The van der Waals surface area contributed by atoms with Crippen molar-refractivity contribution in [1.29, 1.82) is 0 Å².